The van der Waals surface area contributed by atoms with Gasteiger partial charge in [-0.2, -0.15) is 0 Å². The molecule has 102 valence electrons. The highest BCUT2D eigenvalue weighted by atomic mass is 35.5. The molecule has 19 heavy (non-hydrogen) atoms. The van der Waals surface area contributed by atoms with Gasteiger partial charge in [0.1, 0.15) is 0 Å². The maximum atomic E-state index is 12.3. The van der Waals surface area contributed by atoms with Gasteiger partial charge in [-0.25, -0.2) is 0 Å². The molecule has 0 spiro atoms. The first-order chi connectivity index (χ1) is 8.50. The highest BCUT2D eigenvalue weighted by Gasteiger charge is 2.24. The van der Waals surface area contributed by atoms with Crippen molar-refractivity contribution in [1.82, 2.24) is 0 Å². The maximum absolute atomic E-state index is 12.3. The minimum atomic E-state index is -3.55. The van der Waals surface area contributed by atoms with E-state index in [1.807, 2.05) is 24.3 Å². The summed E-state index contributed by atoms with van der Waals surface area (Å²) in [6, 6.07) is 12.6. The molecule has 2 aromatic rings. The Balaban J connectivity index is 0.00000180. The van der Waals surface area contributed by atoms with Gasteiger partial charge in [-0.05, 0) is 28.4 Å². The number of benzene rings is 2. The lowest BCUT2D eigenvalue weighted by atomic mass is 10.1. The van der Waals surface area contributed by atoms with Crippen molar-refractivity contribution < 1.29 is 14.3 Å². The van der Waals surface area contributed by atoms with Crippen LogP contribution in [0, 0.1) is 0 Å². The third-order valence-electron chi connectivity index (χ3n) is 2.75. The third-order valence-corrected chi connectivity index (χ3v) is 4.92. The monoisotopic (exact) mass is 318 g/mol. The number of halogens is 2. The Bertz CT molecular complexity index is 637. The summed E-state index contributed by atoms with van der Waals surface area (Å²) in [5.41, 5.74) is 0. The molecule has 1 N–H and O–H groups in total. The summed E-state index contributed by atoms with van der Waals surface area (Å²) in [6.07, 6.45) is -0.220. The van der Waals surface area contributed by atoms with Crippen molar-refractivity contribution in [3.63, 3.8) is 0 Å². The Morgan fingerprint density at radius 3 is 2.47 bits per heavy atom. The van der Waals surface area contributed by atoms with Gasteiger partial charge < -0.3 is 4.89 Å². The number of hydrogen-bond acceptors (Lipinski definition) is 2. The predicted octanol–water partition coefficient (Wildman–Crippen LogP) is 3.31. The lowest BCUT2D eigenvalue weighted by Crippen LogP contribution is -2.09. The molecule has 3 nitrogen and oxygen atoms in total. The maximum Gasteiger partial charge on any atom is 0.230 e. The van der Waals surface area contributed by atoms with E-state index in [4.69, 9.17) is 11.6 Å². The van der Waals surface area contributed by atoms with Crippen LogP contribution in [-0.2, 0) is 9.36 Å². The molecule has 0 bridgehead atoms. The molecule has 2 rings (SSSR count). The van der Waals surface area contributed by atoms with E-state index in [0.29, 0.717) is 5.30 Å². The molecule has 0 heterocycles. The summed E-state index contributed by atoms with van der Waals surface area (Å²) >= 11 is 5.22. The molecule has 0 fully saturated rings. The molecular weight excluding hydrogens is 306 g/mol. The fraction of sp³-hybridized carbons (Fsp3) is 0.154. The lowest BCUT2D eigenvalue weighted by molar-refractivity contribution is -0.111. The van der Waals surface area contributed by atoms with Gasteiger partial charge in [0.25, 0.3) is 0 Å². The number of hydrogen-bond donors (Lipinski definition) is 1. The molecule has 0 aliphatic carbocycles. The molecule has 0 radical (unpaired) electrons. The molecule has 0 aliphatic rings. The molecular formula is C13H13Cl2O3P. The van der Waals surface area contributed by atoms with E-state index >= 15 is 0 Å². The minimum absolute atomic E-state index is 0. The Kier molecular flexibility index (Phi) is 5.57. The SMILES string of the molecule is Cl.O=C(Cl)CCP(=O)(O)c1cccc2ccccc12. The van der Waals surface area contributed by atoms with Crippen LogP contribution < -0.4 is 5.30 Å². The first-order valence-electron chi connectivity index (χ1n) is 5.49. The Morgan fingerprint density at radius 2 is 1.79 bits per heavy atom. The molecule has 2 aromatic carbocycles. The first kappa shape index (κ1) is 16.2. The van der Waals surface area contributed by atoms with Gasteiger partial charge in [-0.3, -0.25) is 9.36 Å². The number of rotatable bonds is 4. The van der Waals surface area contributed by atoms with E-state index in [0.717, 1.165) is 10.8 Å². The molecule has 1 unspecified atom stereocenters. The van der Waals surface area contributed by atoms with E-state index in [1.165, 1.54) is 0 Å². The zero-order valence-corrected chi connectivity index (χ0v) is 12.4. The topological polar surface area (TPSA) is 54.4 Å². The normalized spacial score (nSPS) is 13.6. The largest absolute Gasteiger partial charge is 0.341 e. The molecule has 0 amide bonds. The highest BCUT2D eigenvalue weighted by molar-refractivity contribution is 7.66. The average molecular weight is 319 g/mol. The second-order valence-corrected chi connectivity index (χ2v) is 6.78. The van der Waals surface area contributed by atoms with Crippen molar-refractivity contribution in [3.8, 4) is 0 Å². The van der Waals surface area contributed by atoms with Crippen LogP contribution in [0.2, 0.25) is 0 Å². The zero-order chi connectivity index (χ0) is 13.2. The molecule has 6 heteroatoms. The van der Waals surface area contributed by atoms with Crippen molar-refractivity contribution in [2.45, 2.75) is 6.42 Å². The third kappa shape index (κ3) is 3.80. The van der Waals surface area contributed by atoms with Crippen LogP contribution in [0.5, 0.6) is 0 Å². The van der Waals surface area contributed by atoms with E-state index < -0.39 is 12.6 Å². The molecule has 1 atom stereocenters. The summed E-state index contributed by atoms with van der Waals surface area (Å²) < 4.78 is 12.3. The quantitative estimate of drug-likeness (QED) is 0.695. The van der Waals surface area contributed by atoms with E-state index in [1.54, 1.807) is 18.2 Å². The van der Waals surface area contributed by atoms with E-state index in [9.17, 15) is 14.3 Å². The fourth-order valence-electron chi connectivity index (χ4n) is 1.87. The van der Waals surface area contributed by atoms with Gasteiger partial charge in [0.15, 0.2) is 0 Å². The summed E-state index contributed by atoms with van der Waals surface area (Å²) in [5, 5.41) is 1.44. The van der Waals surface area contributed by atoms with Gasteiger partial charge in [0, 0.05) is 17.9 Å². The van der Waals surface area contributed by atoms with Crippen molar-refractivity contribution in [3.05, 3.63) is 42.5 Å². The second-order valence-electron chi connectivity index (χ2n) is 4.03. The molecule has 0 saturated carbocycles. The fourth-order valence-corrected chi connectivity index (χ4v) is 3.75. The van der Waals surface area contributed by atoms with Gasteiger partial charge >= 0.3 is 0 Å². The predicted molar refractivity (Wildman–Crippen MR) is 81.0 cm³/mol. The summed E-state index contributed by atoms with van der Waals surface area (Å²) in [4.78, 5) is 20.8. The van der Waals surface area contributed by atoms with Crippen LogP contribution in [-0.4, -0.2) is 16.3 Å². The molecule has 0 aliphatic heterocycles. The first-order valence-corrected chi connectivity index (χ1v) is 7.71. The van der Waals surface area contributed by atoms with E-state index in [2.05, 4.69) is 0 Å². The van der Waals surface area contributed by atoms with Crippen LogP contribution in [0.25, 0.3) is 10.8 Å². The van der Waals surface area contributed by atoms with Crippen molar-refractivity contribution in [1.29, 1.82) is 0 Å². The lowest BCUT2D eigenvalue weighted by Gasteiger charge is -2.13. The minimum Gasteiger partial charge on any atom is -0.341 e. The van der Waals surface area contributed by atoms with Crippen LogP contribution in [0.1, 0.15) is 6.42 Å². The van der Waals surface area contributed by atoms with Crippen LogP contribution in [0.15, 0.2) is 42.5 Å². The van der Waals surface area contributed by atoms with E-state index in [-0.39, 0.29) is 25.0 Å². The Morgan fingerprint density at radius 1 is 1.16 bits per heavy atom. The van der Waals surface area contributed by atoms with Crippen LogP contribution in [0.3, 0.4) is 0 Å². The van der Waals surface area contributed by atoms with Crippen molar-refractivity contribution in [2.24, 2.45) is 0 Å². The molecule has 0 saturated heterocycles. The van der Waals surface area contributed by atoms with Gasteiger partial charge in [0.05, 0.1) is 0 Å². The highest BCUT2D eigenvalue weighted by Crippen LogP contribution is 2.42. The smallest absolute Gasteiger partial charge is 0.230 e. The van der Waals surface area contributed by atoms with Gasteiger partial charge in [-0.15, -0.1) is 12.4 Å². The zero-order valence-electron chi connectivity index (χ0n) is 9.95. The van der Waals surface area contributed by atoms with Crippen LogP contribution in [0.4, 0.5) is 0 Å². The Hall–Kier alpha value is -0.860. The average Bonchev–Trinajstić information content (AvgIpc) is 2.36. The second kappa shape index (κ2) is 6.53. The number of fused-ring (bicyclic) bond motifs is 1. The standard InChI is InChI=1S/C13H12ClO3P.ClH/c14-13(15)8-9-18(16,17)12-7-3-5-10-4-1-2-6-11(10)12;/h1-7H,8-9H2,(H,16,17);1H. The van der Waals surface area contributed by atoms with Crippen molar-refractivity contribution in [2.75, 3.05) is 6.16 Å². The van der Waals surface area contributed by atoms with Gasteiger partial charge in [-0.1, -0.05) is 36.4 Å². The summed E-state index contributed by atoms with van der Waals surface area (Å²) in [5.74, 6) is 0. The summed E-state index contributed by atoms with van der Waals surface area (Å²) in [7, 11) is -3.55. The Labute approximate surface area is 122 Å². The van der Waals surface area contributed by atoms with Gasteiger partial charge in [0.2, 0.25) is 12.6 Å². The summed E-state index contributed by atoms with van der Waals surface area (Å²) in [6.45, 7) is 0. The van der Waals surface area contributed by atoms with Crippen LogP contribution >= 0.6 is 31.4 Å². The van der Waals surface area contributed by atoms with Crippen molar-refractivity contribution >= 4 is 52.7 Å². The molecule has 0 aromatic heterocycles. The number of carbonyl (C=O) groups excluding carboxylic acids is 1. The number of carbonyl (C=O) groups is 1.